The second kappa shape index (κ2) is 12.2. The molecule has 2 aromatic rings. The van der Waals surface area contributed by atoms with Crippen LogP contribution in [0, 0.1) is 32.6 Å². The Morgan fingerprint density at radius 2 is 1.83 bits per heavy atom. The van der Waals surface area contributed by atoms with Crippen LogP contribution in [0.5, 0.6) is 0 Å². The summed E-state index contributed by atoms with van der Waals surface area (Å²) in [7, 11) is 3.96. The monoisotopic (exact) mass is 491 g/mol. The zero-order chi connectivity index (χ0) is 26.4. The Morgan fingerprint density at radius 1 is 1.14 bits per heavy atom. The van der Waals surface area contributed by atoms with Gasteiger partial charge in [-0.15, -0.1) is 0 Å². The number of benzene rings is 1. The Hall–Kier alpha value is -3.08. The summed E-state index contributed by atoms with van der Waals surface area (Å²) < 4.78 is 0. The van der Waals surface area contributed by atoms with Crippen molar-refractivity contribution in [1.82, 2.24) is 15.2 Å². The summed E-state index contributed by atoms with van der Waals surface area (Å²) in [5, 5.41) is 2.98. The molecule has 1 heterocycles. The highest BCUT2D eigenvalue weighted by Crippen LogP contribution is 2.32. The highest BCUT2D eigenvalue weighted by Gasteiger charge is 2.26. The Labute approximate surface area is 215 Å². The van der Waals surface area contributed by atoms with E-state index in [-0.39, 0.29) is 24.1 Å². The van der Waals surface area contributed by atoms with Gasteiger partial charge in [-0.2, -0.15) is 0 Å². The van der Waals surface area contributed by atoms with Crippen molar-refractivity contribution in [2.75, 3.05) is 32.1 Å². The van der Waals surface area contributed by atoms with E-state index in [2.05, 4.69) is 40.0 Å². The van der Waals surface area contributed by atoms with E-state index in [0.29, 0.717) is 23.7 Å². The fraction of sp³-hybridized carbons (Fsp3) is 0.517. The van der Waals surface area contributed by atoms with Crippen LogP contribution < -0.4 is 21.5 Å². The van der Waals surface area contributed by atoms with Crippen molar-refractivity contribution in [1.29, 1.82) is 0 Å². The molecule has 0 atom stereocenters. The van der Waals surface area contributed by atoms with Crippen molar-refractivity contribution in [2.24, 2.45) is 5.73 Å². The predicted molar refractivity (Wildman–Crippen MR) is 148 cm³/mol. The van der Waals surface area contributed by atoms with Crippen molar-refractivity contribution >= 4 is 11.6 Å². The summed E-state index contributed by atoms with van der Waals surface area (Å²) in [5.74, 6) is 6.25. The normalized spacial score (nSPS) is 17.4. The molecule has 4 N–H and O–H groups in total. The molecule has 7 heteroatoms. The van der Waals surface area contributed by atoms with E-state index in [0.717, 1.165) is 60.3 Å². The molecule has 1 aromatic carbocycles. The molecule has 7 nitrogen and oxygen atoms in total. The highest BCUT2D eigenvalue weighted by molar-refractivity contribution is 5.97. The Balaban J connectivity index is 1.96. The van der Waals surface area contributed by atoms with E-state index in [1.165, 1.54) is 0 Å². The van der Waals surface area contributed by atoms with Gasteiger partial charge in [0.1, 0.15) is 0 Å². The van der Waals surface area contributed by atoms with Gasteiger partial charge < -0.3 is 20.9 Å². The number of carbonyl (C=O) groups is 1. The van der Waals surface area contributed by atoms with Gasteiger partial charge in [-0.05, 0) is 96.8 Å². The molecular weight excluding hydrogens is 450 g/mol. The summed E-state index contributed by atoms with van der Waals surface area (Å²) >= 11 is 0. The Morgan fingerprint density at radius 3 is 2.44 bits per heavy atom. The van der Waals surface area contributed by atoms with Crippen molar-refractivity contribution in [3.63, 3.8) is 0 Å². The summed E-state index contributed by atoms with van der Waals surface area (Å²) in [4.78, 5) is 33.1. The average Bonchev–Trinajstić information content (AvgIpc) is 2.81. The van der Waals surface area contributed by atoms with E-state index in [1.54, 1.807) is 0 Å². The molecule has 1 aliphatic carbocycles. The molecule has 0 unspecified atom stereocenters. The lowest BCUT2D eigenvalue weighted by atomic mass is 9.89. The van der Waals surface area contributed by atoms with E-state index in [4.69, 9.17) is 5.73 Å². The summed E-state index contributed by atoms with van der Waals surface area (Å²) in [6.07, 6.45) is 4.12. The Bertz CT molecular complexity index is 1200. The van der Waals surface area contributed by atoms with Crippen molar-refractivity contribution in [3.05, 3.63) is 62.1 Å². The molecule has 0 bridgehead atoms. The second-order valence-corrected chi connectivity index (χ2v) is 10.2. The largest absolute Gasteiger partial charge is 0.369 e. The highest BCUT2D eigenvalue weighted by atomic mass is 16.1. The van der Waals surface area contributed by atoms with Crippen LogP contribution in [-0.2, 0) is 6.54 Å². The van der Waals surface area contributed by atoms with Gasteiger partial charge in [0, 0.05) is 53.2 Å². The predicted octanol–water partition coefficient (Wildman–Crippen LogP) is 3.24. The van der Waals surface area contributed by atoms with Crippen molar-refractivity contribution < 1.29 is 4.79 Å². The maximum atomic E-state index is 13.4. The number of H-pyrrole nitrogens is 1. The van der Waals surface area contributed by atoms with Gasteiger partial charge in [-0.1, -0.05) is 11.8 Å². The Kier molecular flexibility index (Phi) is 9.36. The van der Waals surface area contributed by atoms with Crippen LogP contribution in [-0.4, -0.2) is 55.1 Å². The van der Waals surface area contributed by atoms with E-state index in [1.807, 2.05) is 51.9 Å². The molecule has 1 fully saturated rings. The smallest absolute Gasteiger partial charge is 0.253 e. The fourth-order valence-corrected chi connectivity index (χ4v) is 5.01. The number of aryl methyl sites for hydroxylation is 2. The second-order valence-electron chi connectivity index (χ2n) is 10.2. The quantitative estimate of drug-likeness (QED) is 0.517. The first-order valence-corrected chi connectivity index (χ1v) is 12.9. The number of anilines is 1. The molecule has 3 rings (SSSR count). The van der Waals surface area contributed by atoms with E-state index in [9.17, 15) is 9.59 Å². The molecule has 1 saturated carbocycles. The van der Waals surface area contributed by atoms with Crippen LogP contribution in [0.15, 0.2) is 23.0 Å². The lowest BCUT2D eigenvalue weighted by molar-refractivity contribution is 0.0950. The van der Waals surface area contributed by atoms with E-state index < -0.39 is 0 Å². The number of hydrogen-bond acceptors (Lipinski definition) is 5. The molecule has 36 heavy (non-hydrogen) atoms. The number of aromatic nitrogens is 1. The molecular formula is C29H41N5O2. The third-order valence-electron chi connectivity index (χ3n) is 7.00. The zero-order valence-electron chi connectivity index (χ0n) is 22.6. The van der Waals surface area contributed by atoms with Gasteiger partial charge in [0.05, 0.1) is 6.54 Å². The van der Waals surface area contributed by atoms with Crippen LogP contribution >= 0.6 is 0 Å². The van der Waals surface area contributed by atoms with Crippen LogP contribution in [0.1, 0.15) is 70.9 Å². The summed E-state index contributed by atoms with van der Waals surface area (Å²) in [5.41, 5.74) is 11.6. The van der Waals surface area contributed by atoms with Crippen LogP contribution in [0.4, 0.5) is 5.69 Å². The summed E-state index contributed by atoms with van der Waals surface area (Å²) in [6, 6.07) is 6.57. The van der Waals surface area contributed by atoms with Crippen LogP contribution in [0.3, 0.4) is 0 Å². The third-order valence-corrected chi connectivity index (χ3v) is 7.00. The molecule has 0 saturated heterocycles. The standard InChI is InChI=1S/C29H41N5O2/c1-7-34(24-12-10-23(30)11-13-24)27-17-22(9-8-14-33(5)6)16-25(21(27)4)28(35)31-18-26-19(2)15-20(3)32-29(26)36/h15-17,23-24H,7,10-14,18,30H2,1-6H3,(H,31,35)(H,32,36). The number of nitrogens with two attached hydrogens (primary N) is 1. The number of nitrogens with one attached hydrogen (secondary N) is 2. The zero-order valence-corrected chi connectivity index (χ0v) is 22.6. The third kappa shape index (κ3) is 6.77. The molecule has 1 aromatic heterocycles. The number of pyridine rings is 1. The van der Waals surface area contributed by atoms with Crippen molar-refractivity contribution in [3.8, 4) is 11.8 Å². The van der Waals surface area contributed by atoms with Crippen LogP contribution in [0.2, 0.25) is 0 Å². The van der Waals surface area contributed by atoms with Gasteiger partial charge in [-0.3, -0.25) is 14.5 Å². The summed E-state index contributed by atoms with van der Waals surface area (Å²) in [6.45, 7) is 9.55. The number of carbonyl (C=O) groups excluding carboxylic acids is 1. The maximum absolute atomic E-state index is 13.4. The lowest BCUT2D eigenvalue weighted by Gasteiger charge is -2.38. The molecule has 1 amide bonds. The van der Waals surface area contributed by atoms with Crippen LogP contribution in [0.25, 0.3) is 0 Å². The van der Waals surface area contributed by atoms with Gasteiger partial charge >= 0.3 is 0 Å². The number of amides is 1. The van der Waals surface area contributed by atoms with Crippen molar-refractivity contribution in [2.45, 2.75) is 72.0 Å². The molecule has 0 aliphatic heterocycles. The van der Waals surface area contributed by atoms with Gasteiger partial charge in [-0.25, -0.2) is 0 Å². The average molecular weight is 492 g/mol. The molecule has 0 spiro atoms. The number of aromatic amines is 1. The maximum Gasteiger partial charge on any atom is 0.253 e. The minimum Gasteiger partial charge on any atom is -0.369 e. The minimum atomic E-state index is -0.203. The topological polar surface area (TPSA) is 94.5 Å². The van der Waals surface area contributed by atoms with Gasteiger partial charge in [0.25, 0.3) is 11.5 Å². The lowest BCUT2D eigenvalue weighted by Crippen LogP contribution is -2.41. The van der Waals surface area contributed by atoms with Gasteiger partial charge in [0.15, 0.2) is 0 Å². The molecule has 1 aliphatic rings. The van der Waals surface area contributed by atoms with Gasteiger partial charge in [0.2, 0.25) is 0 Å². The first kappa shape index (κ1) is 27.5. The van der Waals surface area contributed by atoms with E-state index >= 15 is 0 Å². The first-order chi connectivity index (χ1) is 17.1. The number of nitrogens with zero attached hydrogens (tertiary/aromatic N) is 2. The number of rotatable bonds is 7. The minimum absolute atomic E-state index is 0.166. The fourth-order valence-electron chi connectivity index (χ4n) is 5.01. The SMILES string of the molecule is CCN(c1cc(C#CCN(C)C)cc(C(=O)NCc2c(C)cc(C)[nH]c2=O)c1C)C1CCC(N)CC1. The molecule has 0 radical (unpaired) electrons. The number of hydrogen-bond donors (Lipinski definition) is 3. The molecule has 194 valence electrons. The first-order valence-electron chi connectivity index (χ1n) is 12.9.